The van der Waals surface area contributed by atoms with Gasteiger partial charge < -0.3 is 0 Å². The van der Waals surface area contributed by atoms with Crippen LogP contribution in [0.25, 0.3) is 10.8 Å². The van der Waals surface area contributed by atoms with Gasteiger partial charge in [-0.25, -0.2) is 0 Å². The van der Waals surface area contributed by atoms with Gasteiger partial charge in [-0.1, -0.05) is 6.07 Å². The quantitative estimate of drug-likeness (QED) is 0.756. The van der Waals surface area contributed by atoms with Crippen LogP contribution < -0.4 is 0 Å². The van der Waals surface area contributed by atoms with Crippen LogP contribution >= 0.6 is 0 Å². The molecule has 0 N–H and O–H groups in total. The molecule has 0 fully saturated rings. The Morgan fingerprint density at radius 3 is 2.22 bits per heavy atom. The van der Waals surface area contributed by atoms with Crippen molar-refractivity contribution in [1.29, 1.82) is 15.8 Å². The maximum atomic E-state index is 9.03. The van der Waals surface area contributed by atoms with E-state index in [2.05, 4.69) is 18.2 Å². The first-order chi connectivity index (χ1) is 8.69. The molecule has 0 amide bonds. The Hall–Kier alpha value is -2.83. The highest BCUT2D eigenvalue weighted by Crippen LogP contribution is 2.27. The molecule has 2 aromatic carbocycles. The fourth-order valence-corrected chi connectivity index (χ4v) is 1.96. The topological polar surface area (TPSA) is 71.4 Å². The second-order valence-corrected chi connectivity index (χ2v) is 4.08. The average Bonchev–Trinajstić information content (AvgIpc) is 2.44. The Bertz CT molecular complexity index is 734. The molecule has 0 bridgehead atoms. The number of hydrogen-bond acceptors (Lipinski definition) is 3. The van der Waals surface area contributed by atoms with Crippen molar-refractivity contribution in [2.45, 2.75) is 12.8 Å². The largest absolute Gasteiger partial charge is 0.198 e. The van der Waals surface area contributed by atoms with Gasteiger partial charge in [0.2, 0.25) is 0 Å². The van der Waals surface area contributed by atoms with Crippen LogP contribution in [-0.4, -0.2) is 0 Å². The van der Waals surface area contributed by atoms with Crippen LogP contribution in [0.2, 0.25) is 0 Å². The van der Waals surface area contributed by atoms with E-state index >= 15 is 0 Å². The summed E-state index contributed by atoms with van der Waals surface area (Å²) in [7, 11) is 0. The van der Waals surface area contributed by atoms with Gasteiger partial charge in [-0.15, -0.1) is 0 Å². The summed E-state index contributed by atoms with van der Waals surface area (Å²) in [6, 6.07) is 15.1. The molecule has 0 aliphatic heterocycles. The molecule has 1 atom stereocenters. The van der Waals surface area contributed by atoms with Crippen molar-refractivity contribution in [1.82, 2.24) is 0 Å². The lowest BCUT2D eigenvalue weighted by Crippen LogP contribution is -1.93. The second kappa shape index (κ2) is 4.58. The molecule has 0 saturated heterocycles. The van der Waals surface area contributed by atoms with Gasteiger partial charge in [0.25, 0.3) is 0 Å². The van der Waals surface area contributed by atoms with Crippen LogP contribution in [0, 0.1) is 34.0 Å². The molecule has 1 unspecified atom stereocenters. The summed E-state index contributed by atoms with van der Waals surface area (Å²) >= 11 is 0. The molecule has 0 radical (unpaired) electrons. The van der Waals surface area contributed by atoms with Crippen LogP contribution in [0.15, 0.2) is 30.3 Å². The normalized spacial score (nSPS) is 11.2. The number of nitriles is 3. The molecular formula is C15H9N3. The molecule has 0 spiro atoms. The van der Waals surface area contributed by atoms with E-state index in [-0.39, 0.29) is 5.92 Å². The van der Waals surface area contributed by atoms with E-state index in [1.165, 1.54) is 0 Å². The zero-order valence-corrected chi connectivity index (χ0v) is 9.81. The maximum Gasteiger partial charge on any atom is 0.0991 e. The van der Waals surface area contributed by atoms with Crippen molar-refractivity contribution in [3.63, 3.8) is 0 Å². The fourth-order valence-electron chi connectivity index (χ4n) is 1.96. The summed E-state index contributed by atoms with van der Waals surface area (Å²) in [4.78, 5) is 0. The number of benzene rings is 2. The van der Waals surface area contributed by atoms with Crippen molar-refractivity contribution >= 4 is 10.8 Å². The third kappa shape index (κ3) is 1.88. The van der Waals surface area contributed by atoms with Gasteiger partial charge in [0, 0.05) is 0 Å². The van der Waals surface area contributed by atoms with Crippen molar-refractivity contribution < 1.29 is 0 Å². The maximum absolute atomic E-state index is 9.03. The lowest BCUT2D eigenvalue weighted by Gasteiger charge is -2.09. The van der Waals surface area contributed by atoms with Crippen LogP contribution in [0.4, 0.5) is 0 Å². The highest BCUT2D eigenvalue weighted by Gasteiger charge is 2.11. The summed E-state index contributed by atoms with van der Waals surface area (Å²) < 4.78 is 0. The SMILES string of the molecule is CC(C#N)c1cc(C#N)cc2cc(C#N)ccc12. The monoisotopic (exact) mass is 231 g/mol. The molecule has 0 aliphatic carbocycles. The summed E-state index contributed by atoms with van der Waals surface area (Å²) in [5, 5.41) is 28.7. The molecule has 0 saturated carbocycles. The summed E-state index contributed by atoms with van der Waals surface area (Å²) in [5.74, 6) is -0.284. The fraction of sp³-hybridized carbons (Fsp3) is 0.133. The molecule has 3 heteroatoms. The molecular weight excluding hydrogens is 222 g/mol. The minimum absolute atomic E-state index is 0.284. The van der Waals surface area contributed by atoms with Gasteiger partial charge in [0.15, 0.2) is 0 Å². The number of fused-ring (bicyclic) bond motifs is 1. The molecule has 2 aromatic rings. The molecule has 3 nitrogen and oxygen atoms in total. The van der Waals surface area contributed by atoms with E-state index in [4.69, 9.17) is 15.8 Å². The Kier molecular flexibility index (Phi) is 2.96. The van der Waals surface area contributed by atoms with Crippen LogP contribution in [-0.2, 0) is 0 Å². The van der Waals surface area contributed by atoms with Crippen LogP contribution in [0.3, 0.4) is 0 Å². The van der Waals surface area contributed by atoms with E-state index in [0.29, 0.717) is 11.1 Å². The highest BCUT2D eigenvalue weighted by molar-refractivity contribution is 5.89. The predicted molar refractivity (Wildman–Crippen MR) is 67.4 cm³/mol. The standard InChI is InChI=1S/C15H9N3/c1-10(7-16)15-6-12(9-18)5-13-4-11(8-17)2-3-14(13)15/h2-6,10H,1H3. The van der Waals surface area contributed by atoms with Gasteiger partial charge in [0.1, 0.15) is 0 Å². The van der Waals surface area contributed by atoms with E-state index in [9.17, 15) is 0 Å². The molecule has 0 heterocycles. The Morgan fingerprint density at radius 1 is 0.944 bits per heavy atom. The van der Waals surface area contributed by atoms with Crippen LogP contribution in [0.1, 0.15) is 29.5 Å². The Morgan fingerprint density at radius 2 is 1.61 bits per heavy atom. The Labute approximate surface area is 105 Å². The van der Waals surface area contributed by atoms with E-state index in [1.807, 2.05) is 6.07 Å². The average molecular weight is 231 g/mol. The lowest BCUT2D eigenvalue weighted by atomic mass is 9.93. The molecule has 2 rings (SSSR count). The summed E-state index contributed by atoms with van der Waals surface area (Å²) in [6.45, 7) is 1.80. The van der Waals surface area contributed by atoms with E-state index < -0.39 is 0 Å². The van der Waals surface area contributed by atoms with Gasteiger partial charge in [-0.3, -0.25) is 0 Å². The zero-order valence-electron chi connectivity index (χ0n) is 9.81. The van der Waals surface area contributed by atoms with Crippen LogP contribution in [0.5, 0.6) is 0 Å². The molecule has 84 valence electrons. The molecule has 18 heavy (non-hydrogen) atoms. The zero-order chi connectivity index (χ0) is 13.1. The lowest BCUT2D eigenvalue weighted by molar-refractivity contribution is 0.993. The highest BCUT2D eigenvalue weighted by atomic mass is 14.3. The van der Waals surface area contributed by atoms with Crippen molar-refractivity contribution in [3.05, 3.63) is 47.0 Å². The second-order valence-electron chi connectivity index (χ2n) is 4.08. The smallest absolute Gasteiger partial charge is 0.0991 e. The number of hydrogen-bond donors (Lipinski definition) is 0. The van der Waals surface area contributed by atoms with E-state index in [1.54, 1.807) is 31.2 Å². The third-order valence-corrected chi connectivity index (χ3v) is 2.90. The third-order valence-electron chi connectivity index (χ3n) is 2.90. The minimum Gasteiger partial charge on any atom is -0.198 e. The van der Waals surface area contributed by atoms with Crippen molar-refractivity contribution in [2.75, 3.05) is 0 Å². The Balaban J connectivity index is 2.83. The summed E-state index contributed by atoms with van der Waals surface area (Å²) in [6.07, 6.45) is 0. The van der Waals surface area contributed by atoms with Gasteiger partial charge in [-0.2, -0.15) is 15.8 Å². The van der Waals surface area contributed by atoms with Crippen molar-refractivity contribution in [2.24, 2.45) is 0 Å². The number of nitrogens with zero attached hydrogens (tertiary/aromatic N) is 3. The molecule has 0 aliphatic rings. The minimum atomic E-state index is -0.284. The van der Waals surface area contributed by atoms with Crippen molar-refractivity contribution in [3.8, 4) is 18.2 Å². The first-order valence-electron chi connectivity index (χ1n) is 5.47. The van der Waals surface area contributed by atoms with Gasteiger partial charge in [0.05, 0.1) is 35.3 Å². The van der Waals surface area contributed by atoms with Gasteiger partial charge >= 0.3 is 0 Å². The predicted octanol–water partition coefficient (Wildman–Crippen LogP) is 3.21. The van der Waals surface area contributed by atoms with E-state index in [0.717, 1.165) is 16.3 Å². The number of rotatable bonds is 1. The first-order valence-corrected chi connectivity index (χ1v) is 5.47. The molecule has 0 aromatic heterocycles. The summed E-state index contributed by atoms with van der Waals surface area (Å²) in [5.41, 5.74) is 1.89. The first kappa shape index (κ1) is 11.6. The van der Waals surface area contributed by atoms with Gasteiger partial charge in [-0.05, 0) is 47.5 Å².